The Morgan fingerprint density at radius 2 is 1.96 bits per heavy atom. The Morgan fingerprint density at radius 1 is 1.23 bits per heavy atom. The highest BCUT2D eigenvalue weighted by Crippen LogP contribution is 2.25. The number of carboxylic acids is 1. The van der Waals surface area contributed by atoms with E-state index in [1.807, 2.05) is 6.92 Å². The molecule has 0 atom stereocenters. The summed E-state index contributed by atoms with van der Waals surface area (Å²) in [6, 6.07) is 10.4. The van der Waals surface area contributed by atoms with E-state index < -0.39 is 22.9 Å². The normalized spacial score (nSPS) is 10.8. The topological polar surface area (TPSA) is 81.4 Å². The average molecular weight is 356 g/mol. The predicted octanol–water partition coefficient (Wildman–Crippen LogP) is 3.40. The summed E-state index contributed by atoms with van der Waals surface area (Å²) in [5.74, 6) is -1.56. The van der Waals surface area contributed by atoms with Crippen molar-refractivity contribution in [2.75, 3.05) is 6.61 Å². The van der Waals surface area contributed by atoms with Gasteiger partial charge in [-0.05, 0) is 42.8 Å². The minimum atomic E-state index is -1.43. The number of halogens is 1. The molecule has 0 aliphatic rings. The van der Waals surface area contributed by atoms with Gasteiger partial charge in [0.2, 0.25) is 11.1 Å². The van der Waals surface area contributed by atoms with Crippen LogP contribution in [-0.2, 0) is 0 Å². The van der Waals surface area contributed by atoms with Crippen LogP contribution in [0.1, 0.15) is 30.3 Å². The fourth-order valence-electron chi connectivity index (χ4n) is 2.61. The van der Waals surface area contributed by atoms with Gasteiger partial charge in [0, 0.05) is 0 Å². The second kappa shape index (κ2) is 7.35. The Bertz CT molecular complexity index is 1010. The molecule has 3 aromatic rings. The van der Waals surface area contributed by atoms with Gasteiger partial charge in [0.15, 0.2) is 0 Å². The number of carboxylic acid groups (broad SMARTS) is 1. The van der Waals surface area contributed by atoms with E-state index in [9.17, 15) is 19.1 Å². The molecule has 0 saturated carbocycles. The maximum Gasteiger partial charge on any atom is 0.360 e. The molecule has 6 nitrogen and oxygen atoms in total. The van der Waals surface area contributed by atoms with E-state index in [0.717, 1.165) is 12.8 Å². The lowest BCUT2D eigenvalue weighted by Gasteiger charge is -2.14. The highest BCUT2D eigenvalue weighted by Gasteiger charge is 2.20. The van der Waals surface area contributed by atoms with Crippen LogP contribution in [0.25, 0.3) is 16.6 Å². The van der Waals surface area contributed by atoms with E-state index >= 15 is 0 Å². The largest absolute Gasteiger partial charge is 0.493 e. The molecule has 0 saturated heterocycles. The van der Waals surface area contributed by atoms with Crippen LogP contribution >= 0.6 is 0 Å². The summed E-state index contributed by atoms with van der Waals surface area (Å²) in [4.78, 5) is 24.2. The first-order valence-electron chi connectivity index (χ1n) is 8.21. The van der Waals surface area contributed by atoms with Crippen molar-refractivity contribution in [3.05, 3.63) is 64.2 Å². The smallest absolute Gasteiger partial charge is 0.360 e. The van der Waals surface area contributed by atoms with E-state index in [2.05, 4.69) is 5.10 Å². The third kappa shape index (κ3) is 3.28. The lowest BCUT2D eigenvalue weighted by atomic mass is 10.1. The number of rotatable bonds is 6. The standard InChI is InChI=1S/C19H17FN2O4/c1-2-3-11-26-15-6-4-5-14-16(15)18(23)17(19(24)25)21-22(14)13-9-7-12(20)8-10-13/h4-10H,2-3,11H2,1H3,(H,24,25). The predicted molar refractivity (Wildman–Crippen MR) is 94.7 cm³/mol. The average Bonchev–Trinajstić information content (AvgIpc) is 2.63. The molecule has 0 unspecified atom stereocenters. The molecule has 0 fully saturated rings. The minimum Gasteiger partial charge on any atom is -0.493 e. The first-order valence-corrected chi connectivity index (χ1v) is 8.21. The number of hydrogen-bond acceptors (Lipinski definition) is 4. The van der Waals surface area contributed by atoms with E-state index in [0.29, 0.717) is 23.6 Å². The van der Waals surface area contributed by atoms with Crippen molar-refractivity contribution in [1.29, 1.82) is 0 Å². The number of ether oxygens (including phenoxy) is 1. The molecular weight excluding hydrogens is 339 g/mol. The minimum absolute atomic E-state index is 0.139. The molecule has 1 heterocycles. The van der Waals surface area contributed by atoms with Crippen LogP contribution in [0, 0.1) is 5.82 Å². The van der Waals surface area contributed by atoms with Gasteiger partial charge >= 0.3 is 5.97 Å². The van der Waals surface area contributed by atoms with Crippen LogP contribution in [-0.4, -0.2) is 27.5 Å². The van der Waals surface area contributed by atoms with Crippen LogP contribution in [0.2, 0.25) is 0 Å². The Kier molecular flexibility index (Phi) is 4.97. The molecule has 1 N–H and O–H groups in total. The summed E-state index contributed by atoms with van der Waals surface area (Å²) in [7, 11) is 0. The van der Waals surface area contributed by atoms with Crippen LogP contribution in [0.15, 0.2) is 47.3 Å². The number of benzene rings is 2. The lowest BCUT2D eigenvalue weighted by Crippen LogP contribution is -2.23. The van der Waals surface area contributed by atoms with Crippen molar-refractivity contribution in [3.63, 3.8) is 0 Å². The van der Waals surface area contributed by atoms with Gasteiger partial charge in [0.05, 0.1) is 23.2 Å². The molecular formula is C19H17FN2O4. The maximum absolute atomic E-state index is 13.2. The Balaban J connectivity index is 2.29. The van der Waals surface area contributed by atoms with E-state index in [-0.39, 0.29) is 5.39 Å². The van der Waals surface area contributed by atoms with Crippen molar-refractivity contribution in [2.45, 2.75) is 19.8 Å². The summed E-state index contributed by atoms with van der Waals surface area (Å²) < 4.78 is 20.2. The Hall–Kier alpha value is -3.22. The van der Waals surface area contributed by atoms with Gasteiger partial charge in [-0.15, -0.1) is 0 Å². The van der Waals surface area contributed by atoms with Gasteiger partial charge in [0.25, 0.3) is 0 Å². The number of fused-ring (bicyclic) bond motifs is 1. The fraction of sp³-hybridized carbons (Fsp3) is 0.211. The molecule has 0 aliphatic carbocycles. The summed E-state index contributed by atoms with van der Waals surface area (Å²) in [5, 5.41) is 13.5. The van der Waals surface area contributed by atoms with Gasteiger partial charge in [0.1, 0.15) is 11.6 Å². The number of carbonyl (C=O) groups is 1. The second-order valence-electron chi connectivity index (χ2n) is 5.72. The van der Waals surface area contributed by atoms with Gasteiger partial charge < -0.3 is 9.84 Å². The van der Waals surface area contributed by atoms with Crippen LogP contribution in [0.4, 0.5) is 4.39 Å². The Morgan fingerprint density at radius 3 is 2.62 bits per heavy atom. The molecule has 0 amide bonds. The highest BCUT2D eigenvalue weighted by molar-refractivity contribution is 5.93. The molecule has 0 spiro atoms. The zero-order valence-electron chi connectivity index (χ0n) is 14.1. The molecule has 134 valence electrons. The molecule has 0 radical (unpaired) electrons. The maximum atomic E-state index is 13.2. The third-order valence-electron chi connectivity index (χ3n) is 3.90. The van der Waals surface area contributed by atoms with Crippen LogP contribution in [0.3, 0.4) is 0 Å². The molecule has 7 heteroatoms. The van der Waals surface area contributed by atoms with E-state index in [1.165, 1.54) is 28.9 Å². The zero-order chi connectivity index (χ0) is 18.7. The van der Waals surface area contributed by atoms with Crippen molar-refractivity contribution in [1.82, 2.24) is 9.78 Å². The summed E-state index contributed by atoms with van der Waals surface area (Å²) >= 11 is 0. The quantitative estimate of drug-likeness (QED) is 0.685. The number of aromatic nitrogens is 2. The van der Waals surface area contributed by atoms with E-state index in [1.54, 1.807) is 18.2 Å². The van der Waals surface area contributed by atoms with Gasteiger partial charge in [-0.1, -0.05) is 19.4 Å². The highest BCUT2D eigenvalue weighted by atomic mass is 19.1. The zero-order valence-corrected chi connectivity index (χ0v) is 14.1. The number of unbranched alkanes of at least 4 members (excludes halogenated alkanes) is 1. The third-order valence-corrected chi connectivity index (χ3v) is 3.90. The molecule has 1 aromatic heterocycles. The second-order valence-corrected chi connectivity index (χ2v) is 5.72. The molecule has 2 aromatic carbocycles. The van der Waals surface area contributed by atoms with Crippen molar-refractivity contribution in [2.24, 2.45) is 0 Å². The van der Waals surface area contributed by atoms with Crippen molar-refractivity contribution in [3.8, 4) is 11.4 Å². The monoisotopic (exact) mass is 356 g/mol. The van der Waals surface area contributed by atoms with Gasteiger partial charge in [-0.2, -0.15) is 5.10 Å². The number of hydrogen-bond donors (Lipinski definition) is 1. The fourth-order valence-corrected chi connectivity index (χ4v) is 2.61. The number of nitrogens with zero attached hydrogens (tertiary/aromatic N) is 2. The molecule has 0 aliphatic heterocycles. The first kappa shape index (κ1) is 17.6. The molecule has 0 bridgehead atoms. The summed E-state index contributed by atoms with van der Waals surface area (Å²) in [6.07, 6.45) is 1.73. The van der Waals surface area contributed by atoms with Crippen molar-refractivity contribution >= 4 is 16.9 Å². The van der Waals surface area contributed by atoms with Gasteiger partial charge in [-0.3, -0.25) is 4.79 Å². The SMILES string of the molecule is CCCCOc1cccc2c1c(=O)c(C(=O)O)nn2-c1ccc(F)cc1. The summed E-state index contributed by atoms with van der Waals surface area (Å²) in [5.41, 5.74) is -0.503. The molecule has 26 heavy (non-hydrogen) atoms. The van der Waals surface area contributed by atoms with Crippen LogP contribution < -0.4 is 10.2 Å². The van der Waals surface area contributed by atoms with Crippen molar-refractivity contribution < 1.29 is 19.0 Å². The van der Waals surface area contributed by atoms with Gasteiger partial charge in [-0.25, -0.2) is 13.9 Å². The summed E-state index contributed by atoms with van der Waals surface area (Å²) in [6.45, 7) is 2.43. The number of aromatic carboxylic acids is 1. The molecule has 3 rings (SSSR count). The lowest BCUT2D eigenvalue weighted by molar-refractivity contribution is 0.0687. The Labute approximate surface area is 148 Å². The van der Waals surface area contributed by atoms with Crippen LogP contribution in [0.5, 0.6) is 5.75 Å². The van der Waals surface area contributed by atoms with E-state index in [4.69, 9.17) is 4.74 Å². The first-order chi connectivity index (χ1) is 12.5.